The molecule has 1 aliphatic heterocycles. The minimum Gasteiger partial charge on any atom is -0.338 e. The fourth-order valence-corrected chi connectivity index (χ4v) is 3.00. The summed E-state index contributed by atoms with van der Waals surface area (Å²) in [6, 6.07) is 5.31. The monoisotopic (exact) mass is 329 g/mol. The van der Waals surface area contributed by atoms with E-state index in [0.717, 1.165) is 31.7 Å². The summed E-state index contributed by atoms with van der Waals surface area (Å²) in [7, 11) is 1.82. The Morgan fingerprint density at radius 1 is 1.38 bits per heavy atom. The first kappa shape index (κ1) is 16.6. The van der Waals surface area contributed by atoms with E-state index in [0.29, 0.717) is 16.6 Å². The molecule has 0 bridgehead atoms. The van der Waals surface area contributed by atoms with Gasteiger partial charge in [0.25, 0.3) is 0 Å². The lowest BCUT2D eigenvalue weighted by atomic mass is 10.1. The van der Waals surface area contributed by atoms with Crippen LogP contribution in [-0.4, -0.2) is 55.5 Å². The maximum Gasteiger partial charge on any atom is 0.236 e. The molecule has 0 spiro atoms. The van der Waals surface area contributed by atoms with E-state index in [-0.39, 0.29) is 11.9 Å². The molecule has 0 aliphatic carbocycles. The molecule has 4 nitrogen and oxygen atoms in total. The number of nitrogens with zero attached hydrogens (tertiary/aromatic N) is 2. The smallest absolute Gasteiger partial charge is 0.236 e. The highest BCUT2D eigenvalue weighted by molar-refractivity contribution is 6.35. The van der Waals surface area contributed by atoms with Crippen LogP contribution < -0.4 is 5.32 Å². The Morgan fingerprint density at radius 3 is 2.67 bits per heavy atom. The van der Waals surface area contributed by atoms with Gasteiger partial charge in [-0.25, -0.2) is 0 Å². The molecule has 1 unspecified atom stereocenters. The van der Waals surface area contributed by atoms with Gasteiger partial charge in [-0.3, -0.25) is 9.69 Å². The third-order valence-corrected chi connectivity index (χ3v) is 4.52. The molecule has 21 heavy (non-hydrogen) atoms. The van der Waals surface area contributed by atoms with Gasteiger partial charge in [0.05, 0.1) is 12.6 Å². The molecular formula is C15H21Cl2N3O. The summed E-state index contributed by atoms with van der Waals surface area (Å²) in [5.41, 5.74) is 0.914. The summed E-state index contributed by atoms with van der Waals surface area (Å²) in [4.78, 5) is 16.3. The predicted molar refractivity (Wildman–Crippen MR) is 87.0 cm³/mol. The lowest BCUT2D eigenvalue weighted by molar-refractivity contribution is -0.133. The van der Waals surface area contributed by atoms with Gasteiger partial charge in [-0.15, -0.1) is 0 Å². The molecule has 1 atom stereocenters. The molecule has 0 aromatic heterocycles. The van der Waals surface area contributed by atoms with Gasteiger partial charge >= 0.3 is 0 Å². The Balaban J connectivity index is 2.00. The van der Waals surface area contributed by atoms with Crippen LogP contribution in [0.4, 0.5) is 0 Å². The summed E-state index contributed by atoms with van der Waals surface area (Å²) in [5.74, 6) is 0.107. The normalized spacial score (nSPS) is 17.5. The van der Waals surface area contributed by atoms with Gasteiger partial charge in [0.15, 0.2) is 0 Å². The molecule has 1 aromatic carbocycles. The first-order valence-electron chi connectivity index (χ1n) is 7.12. The number of carbonyl (C=O) groups excluding carboxylic acids is 1. The Hall–Kier alpha value is -0.810. The quantitative estimate of drug-likeness (QED) is 0.921. The average Bonchev–Trinajstić information content (AvgIpc) is 2.47. The molecule has 116 valence electrons. The zero-order valence-electron chi connectivity index (χ0n) is 12.4. The van der Waals surface area contributed by atoms with Crippen molar-refractivity contribution in [3.63, 3.8) is 0 Å². The van der Waals surface area contributed by atoms with Crippen molar-refractivity contribution < 1.29 is 4.79 Å². The molecule has 1 aromatic rings. The number of rotatable bonds is 4. The van der Waals surface area contributed by atoms with Crippen molar-refractivity contribution >= 4 is 29.1 Å². The number of amides is 1. The van der Waals surface area contributed by atoms with Gasteiger partial charge in [0.1, 0.15) is 0 Å². The molecule has 1 heterocycles. The van der Waals surface area contributed by atoms with Crippen molar-refractivity contribution in [2.45, 2.75) is 13.0 Å². The van der Waals surface area contributed by atoms with Crippen molar-refractivity contribution in [3.8, 4) is 0 Å². The minimum absolute atomic E-state index is 0.0785. The Kier molecular flexibility index (Phi) is 5.88. The second-order valence-corrected chi connectivity index (χ2v) is 6.22. The zero-order chi connectivity index (χ0) is 15.4. The van der Waals surface area contributed by atoms with Gasteiger partial charge in [-0.1, -0.05) is 29.3 Å². The molecule has 0 radical (unpaired) electrons. The number of likely N-dealkylation sites (N-methyl/N-ethyl adjacent to an activating group) is 1. The standard InChI is InChI=1S/C15H21Cl2N3O/c1-11(13-4-3-12(16)9-14(13)17)19(2)15(21)10-20-7-5-18-6-8-20/h3-4,9,11,18H,5-8,10H2,1-2H3. The van der Waals surface area contributed by atoms with E-state index in [1.165, 1.54) is 0 Å². The topological polar surface area (TPSA) is 35.6 Å². The summed E-state index contributed by atoms with van der Waals surface area (Å²) in [6.45, 7) is 6.13. The third-order valence-electron chi connectivity index (χ3n) is 3.96. The highest BCUT2D eigenvalue weighted by Crippen LogP contribution is 2.29. The van der Waals surface area contributed by atoms with Crippen LogP contribution in [0.15, 0.2) is 18.2 Å². The first-order chi connectivity index (χ1) is 9.99. The molecule has 6 heteroatoms. The van der Waals surface area contributed by atoms with E-state index >= 15 is 0 Å². The van der Waals surface area contributed by atoms with Gasteiger partial charge in [-0.2, -0.15) is 0 Å². The lowest BCUT2D eigenvalue weighted by Crippen LogP contribution is -2.48. The molecule has 1 aliphatic rings. The summed E-state index contributed by atoms with van der Waals surface area (Å²) in [6.07, 6.45) is 0. The van der Waals surface area contributed by atoms with Crippen LogP contribution in [0.25, 0.3) is 0 Å². The van der Waals surface area contributed by atoms with E-state index in [4.69, 9.17) is 23.2 Å². The van der Waals surface area contributed by atoms with Crippen molar-refractivity contribution in [2.75, 3.05) is 39.8 Å². The Labute approximate surface area is 136 Å². The minimum atomic E-state index is -0.0785. The molecule has 1 N–H and O–H groups in total. The predicted octanol–water partition coefficient (Wildman–Crippen LogP) is 2.42. The van der Waals surface area contributed by atoms with Crippen molar-refractivity contribution in [1.82, 2.24) is 15.1 Å². The number of piperazine rings is 1. The van der Waals surface area contributed by atoms with Gasteiger partial charge in [0, 0.05) is 43.3 Å². The first-order valence-corrected chi connectivity index (χ1v) is 7.88. The fourth-order valence-electron chi connectivity index (χ4n) is 2.44. The van der Waals surface area contributed by atoms with E-state index < -0.39 is 0 Å². The lowest BCUT2D eigenvalue weighted by Gasteiger charge is -2.31. The number of halogens is 2. The molecule has 1 amide bonds. The summed E-state index contributed by atoms with van der Waals surface area (Å²) < 4.78 is 0. The highest BCUT2D eigenvalue weighted by Gasteiger charge is 2.22. The second kappa shape index (κ2) is 7.45. The number of carbonyl (C=O) groups is 1. The molecular weight excluding hydrogens is 309 g/mol. The maximum atomic E-state index is 12.4. The van der Waals surface area contributed by atoms with E-state index in [9.17, 15) is 4.79 Å². The molecule has 1 saturated heterocycles. The van der Waals surface area contributed by atoms with Crippen molar-refractivity contribution in [1.29, 1.82) is 0 Å². The van der Waals surface area contributed by atoms with Crippen LogP contribution in [-0.2, 0) is 4.79 Å². The molecule has 0 saturated carbocycles. The Bertz CT molecular complexity index is 504. The number of nitrogens with one attached hydrogen (secondary N) is 1. The number of benzene rings is 1. The van der Waals surface area contributed by atoms with Crippen LogP contribution in [0.2, 0.25) is 10.0 Å². The number of hydrogen-bond acceptors (Lipinski definition) is 3. The van der Waals surface area contributed by atoms with Crippen LogP contribution in [0.1, 0.15) is 18.5 Å². The third kappa shape index (κ3) is 4.33. The van der Waals surface area contributed by atoms with Crippen molar-refractivity contribution in [3.05, 3.63) is 33.8 Å². The largest absolute Gasteiger partial charge is 0.338 e. The summed E-state index contributed by atoms with van der Waals surface area (Å²) in [5, 5.41) is 4.48. The van der Waals surface area contributed by atoms with E-state index in [1.807, 2.05) is 20.0 Å². The van der Waals surface area contributed by atoms with Gasteiger partial charge in [-0.05, 0) is 24.6 Å². The van der Waals surface area contributed by atoms with Crippen LogP contribution in [0.5, 0.6) is 0 Å². The zero-order valence-corrected chi connectivity index (χ0v) is 13.9. The van der Waals surface area contributed by atoms with Crippen LogP contribution in [0.3, 0.4) is 0 Å². The SMILES string of the molecule is CC(c1ccc(Cl)cc1Cl)N(C)C(=O)CN1CCNCC1. The Morgan fingerprint density at radius 2 is 2.05 bits per heavy atom. The fraction of sp³-hybridized carbons (Fsp3) is 0.533. The van der Waals surface area contributed by atoms with Crippen molar-refractivity contribution in [2.24, 2.45) is 0 Å². The maximum absolute atomic E-state index is 12.4. The summed E-state index contributed by atoms with van der Waals surface area (Å²) >= 11 is 12.1. The van der Waals surface area contributed by atoms with E-state index in [2.05, 4.69) is 10.2 Å². The average molecular weight is 330 g/mol. The molecule has 2 rings (SSSR count). The van der Waals surface area contributed by atoms with Crippen LogP contribution >= 0.6 is 23.2 Å². The second-order valence-electron chi connectivity index (χ2n) is 5.37. The van der Waals surface area contributed by atoms with Gasteiger partial charge < -0.3 is 10.2 Å². The van der Waals surface area contributed by atoms with Gasteiger partial charge in [0.2, 0.25) is 5.91 Å². The molecule has 1 fully saturated rings. The van der Waals surface area contributed by atoms with E-state index in [1.54, 1.807) is 17.0 Å². The number of hydrogen-bond donors (Lipinski definition) is 1. The highest BCUT2D eigenvalue weighted by atomic mass is 35.5. The van der Waals surface area contributed by atoms with Crippen LogP contribution in [0, 0.1) is 0 Å².